The first kappa shape index (κ1) is 37.3. The highest BCUT2D eigenvalue weighted by atomic mass is 16.5. The number of esters is 1. The van der Waals surface area contributed by atoms with E-state index in [9.17, 15) is 28.8 Å². The lowest BCUT2D eigenvalue weighted by Crippen LogP contribution is -2.61. The van der Waals surface area contributed by atoms with Gasteiger partial charge in [0, 0.05) is 6.54 Å². The van der Waals surface area contributed by atoms with Gasteiger partial charge < -0.3 is 31.3 Å². The summed E-state index contributed by atoms with van der Waals surface area (Å²) in [5.41, 5.74) is 4.24. The number of ketones is 1. The Morgan fingerprint density at radius 1 is 0.891 bits per heavy atom. The monoisotopic (exact) mass is 647 g/mol. The van der Waals surface area contributed by atoms with Crippen molar-refractivity contribution in [3.8, 4) is 0 Å². The molecular formula is C34H57N5O7. The molecule has 6 unspecified atom stereocenters. The molecule has 0 spiro atoms. The van der Waals surface area contributed by atoms with E-state index in [0.29, 0.717) is 18.8 Å². The van der Waals surface area contributed by atoms with E-state index < -0.39 is 65.1 Å². The van der Waals surface area contributed by atoms with Gasteiger partial charge in [0.25, 0.3) is 5.91 Å². The molecule has 0 aromatic heterocycles. The lowest BCUT2D eigenvalue weighted by Gasteiger charge is -2.37. The number of carbonyl (C=O) groups excluding carboxylic acids is 6. The van der Waals surface area contributed by atoms with E-state index in [1.54, 1.807) is 0 Å². The molecule has 12 nitrogen and oxygen atoms in total. The van der Waals surface area contributed by atoms with E-state index in [-0.39, 0.29) is 35.8 Å². The first-order valence-corrected chi connectivity index (χ1v) is 16.9. The van der Waals surface area contributed by atoms with Crippen LogP contribution in [0.5, 0.6) is 0 Å². The van der Waals surface area contributed by atoms with Crippen LogP contribution in [0.1, 0.15) is 107 Å². The Bertz CT molecular complexity index is 1170. The third-order valence-electron chi connectivity index (χ3n) is 9.82. The molecule has 3 rings (SSSR count). The number of hydrogen-bond donors (Lipinski definition) is 4. The van der Waals surface area contributed by atoms with Crippen LogP contribution in [0.2, 0.25) is 0 Å². The number of nitrogens with two attached hydrogens (primary N) is 1. The number of hydrogen-bond acceptors (Lipinski definition) is 7. The molecule has 0 bridgehead atoms. The fourth-order valence-electron chi connectivity index (χ4n) is 6.39. The second-order valence-corrected chi connectivity index (χ2v) is 16.3. The SMILES string of the molecule is CC(OC(=O)C(CC(C)(C)C)NC(=O)NC(C(=O)N1CC(C)[C@H](C)C1C(=O)NC(CC1CCC1)C(=O)C(N)=O)C(C)(C)C)C1CC1. The smallest absolute Gasteiger partial charge is 0.328 e. The quantitative estimate of drug-likeness (QED) is 0.175. The minimum Gasteiger partial charge on any atom is -0.461 e. The van der Waals surface area contributed by atoms with Gasteiger partial charge in [-0.15, -0.1) is 0 Å². The molecule has 2 saturated carbocycles. The van der Waals surface area contributed by atoms with Crippen molar-refractivity contribution in [2.75, 3.05) is 6.54 Å². The number of Topliss-reactive ketones (excluding diaryl/α,β-unsaturated/α-hetero) is 1. The van der Waals surface area contributed by atoms with Gasteiger partial charge in [0.2, 0.25) is 17.6 Å². The maximum Gasteiger partial charge on any atom is 0.328 e. The number of urea groups is 1. The van der Waals surface area contributed by atoms with Crippen molar-refractivity contribution in [2.24, 2.45) is 40.2 Å². The summed E-state index contributed by atoms with van der Waals surface area (Å²) in [4.78, 5) is 80.5. The summed E-state index contributed by atoms with van der Waals surface area (Å²) in [6.45, 7) is 17.3. The average molecular weight is 648 g/mol. The molecule has 2 aliphatic carbocycles. The summed E-state index contributed by atoms with van der Waals surface area (Å²) in [5.74, 6) is -3.20. The summed E-state index contributed by atoms with van der Waals surface area (Å²) >= 11 is 0. The van der Waals surface area contributed by atoms with Gasteiger partial charge in [0.15, 0.2) is 0 Å². The molecule has 3 aliphatic rings. The van der Waals surface area contributed by atoms with Crippen molar-refractivity contribution >= 4 is 35.5 Å². The number of nitrogens with one attached hydrogen (secondary N) is 3. The van der Waals surface area contributed by atoms with Gasteiger partial charge in [-0.1, -0.05) is 74.7 Å². The van der Waals surface area contributed by atoms with Crippen LogP contribution >= 0.6 is 0 Å². The van der Waals surface area contributed by atoms with Gasteiger partial charge in [-0.2, -0.15) is 0 Å². The van der Waals surface area contributed by atoms with Crippen molar-refractivity contribution in [3.63, 3.8) is 0 Å². The Balaban J connectivity index is 1.78. The van der Waals surface area contributed by atoms with Gasteiger partial charge in [0.1, 0.15) is 24.2 Å². The van der Waals surface area contributed by atoms with Crippen LogP contribution in [-0.4, -0.2) is 77.2 Å². The van der Waals surface area contributed by atoms with Crippen molar-refractivity contribution in [1.82, 2.24) is 20.9 Å². The molecule has 1 saturated heterocycles. The third-order valence-corrected chi connectivity index (χ3v) is 9.82. The second kappa shape index (κ2) is 14.7. The van der Waals surface area contributed by atoms with E-state index >= 15 is 0 Å². The molecule has 260 valence electrons. The summed E-state index contributed by atoms with van der Waals surface area (Å²) < 4.78 is 5.69. The third kappa shape index (κ3) is 9.91. The number of ether oxygens (including phenoxy) is 1. The first-order valence-electron chi connectivity index (χ1n) is 16.9. The highest BCUT2D eigenvalue weighted by molar-refractivity contribution is 6.37. The van der Waals surface area contributed by atoms with E-state index in [1.165, 1.54) is 4.90 Å². The van der Waals surface area contributed by atoms with E-state index in [1.807, 2.05) is 62.3 Å². The van der Waals surface area contributed by atoms with Crippen molar-refractivity contribution in [1.29, 1.82) is 0 Å². The van der Waals surface area contributed by atoms with Gasteiger partial charge >= 0.3 is 12.0 Å². The molecule has 0 radical (unpaired) electrons. The number of nitrogens with zero attached hydrogens (tertiary/aromatic N) is 1. The van der Waals surface area contributed by atoms with Crippen LogP contribution in [0.15, 0.2) is 0 Å². The Hall–Kier alpha value is -3.18. The summed E-state index contributed by atoms with van der Waals surface area (Å²) in [7, 11) is 0. The number of amides is 5. The van der Waals surface area contributed by atoms with Crippen LogP contribution in [0.4, 0.5) is 4.79 Å². The molecule has 0 aromatic carbocycles. The second-order valence-electron chi connectivity index (χ2n) is 16.3. The highest BCUT2D eigenvalue weighted by Gasteiger charge is 2.48. The molecule has 1 aliphatic heterocycles. The van der Waals surface area contributed by atoms with Gasteiger partial charge in [-0.05, 0) is 67.1 Å². The summed E-state index contributed by atoms with van der Waals surface area (Å²) in [5, 5.41) is 8.31. The molecule has 5 N–H and O–H groups in total. The Kier molecular flexibility index (Phi) is 11.9. The highest BCUT2D eigenvalue weighted by Crippen LogP contribution is 2.35. The molecule has 5 amide bonds. The number of carbonyl (C=O) groups is 6. The zero-order chi connectivity index (χ0) is 34.7. The zero-order valence-electron chi connectivity index (χ0n) is 29.2. The number of likely N-dealkylation sites (tertiary alicyclic amines) is 1. The Labute approximate surface area is 274 Å². The normalized spacial score (nSPS) is 24.5. The average Bonchev–Trinajstić information content (AvgIpc) is 3.71. The molecular weight excluding hydrogens is 590 g/mol. The predicted octanol–water partition coefficient (Wildman–Crippen LogP) is 3.06. The molecule has 12 heteroatoms. The van der Waals surface area contributed by atoms with Crippen LogP contribution < -0.4 is 21.7 Å². The summed E-state index contributed by atoms with van der Waals surface area (Å²) in [6, 6.07) is -4.63. The van der Waals surface area contributed by atoms with E-state index in [2.05, 4.69) is 16.0 Å². The fourth-order valence-corrected chi connectivity index (χ4v) is 6.39. The molecule has 1 heterocycles. The standard InChI is InChI=1S/C34H57N5O7/c1-18-17-39(25(19(18)2)29(42)36-23(26(40)28(35)41)15-21-11-10-12-21)30(43)27(34(7,8)9)38-32(45)37-24(16-33(4,5)6)31(44)46-20(3)22-13-14-22/h18-25,27H,10-17H2,1-9H3,(H2,35,41)(H,36,42)(H2,37,38,45)/t18?,19-,20?,23?,24?,25?,27?/m0/s1. The number of rotatable bonds is 13. The Morgan fingerprint density at radius 2 is 1.50 bits per heavy atom. The lowest BCUT2D eigenvalue weighted by molar-refractivity contribution is -0.152. The van der Waals surface area contributed by atoms with Gasteiger partial charge in [-0.3, -0.25) is 19.2 Å². The Morgan fingerprint density at radius 3 is 1.98 bits per heavy atom. The van der Waals surface area contributed by atoms with Crippen LogP contribution in [-0.2, 0) is 28.7 Å². The molecule has 3 fully saturated rings. The molecule has 7 atom stereocenters. The van der Waals surface area contributed by atoms with E-state index in [0.717, 1.165) is 32.1 Å². The largest absolute Gasteiger partial charge is 0.461 e. The van der Waals surface area contributed by atoms with E-state index in [4.69, 9.17) is 10.5 Å². The maximum absolute atomic E-state index is 14.2. The lowest BCUT2D eigenvalue weighted by atomic mass is 9.80. The van der Waals surface area contributed by atoms with Crippen LogP contribution in [0, 0.1) is 34.5 Å². The van der Waals surface area contributed by atoms with Crippen LogP contribution in [0.25, 0.3) is 0 Å². The minimum absolute atomic E-state index is 0.0505. The van der Waals surface area contributed by atoms with Crippen molar-refractivity contribution in [3.05, 3.63) is 0 Å². The predicted molar refractivity (Wildman–Crippen MR) is 173 cm³/mol. The maximum atomic E-state index is 14.2. The van der Waals surface area contributed by atoms with Gasteiger partial charge in [0.05, 0.1) is 6.04 Å². The minimum atomic E-state index is -1.11. The van der Waals surface area contributed by atoms with Gasteiger partial charge in [-0.25, -0.2) is 9.59 Å². The zero-order valence-corrected chi connectivity index (χ0v) is 29.2. The van der Waals surface area contributed by atoms with Crippen LogP contribution in [0.3, 0.4) is 0 Å². The van der Waals surface area contributed by atoms with Crippen molar-refractivity contribution in [2.45, 2.75) is 138 Å². The van der Waals surface area contributed by atoms with Crippen molar-refractivity contribution < 1.29 is 33.5 Å². The molecule has 0 aromatic rings. The number of primary amides is 1. The first-order chi connectivity index (χ1) is 21.2. The fraction of sp³-hybridized carbons (Fsp3) is 0.824. The molecule has 46 heavy (non-hydrogen) atoms. The topological polar surface area (TPSA) is 177 Å². The summed E-state index contributed by atoms with van der Waals surface area (Å²) in [6.07, 6.45) is 5.29.